The number of hydrogen-bond acceptors (Lipinski definition) is 5. The predicted octanol–water partition coefficient (Wildman–Crippen LogP) is 3.92. The second kappa shape index (κ2) is 7.94. The van der Waals surface area contributed by atoms with Gasteiger partial charge in [0.15, 0.2) is 0 Å². The summed E-state index contributed by atoms with van der Waals surface area (Å²) in [4.78, 5) is 11.5. The number of sulfonamides is 1. The fourth-order valence-corrected chi connectivity index (χ4v) is 4.61. The first-order valence-corrected chi connectivity index (χ1v) is 9.77. The highest BCUT2D eigenvalue weighted by Gasteiger charge is 2.25. The molecule has 0 heterocycles. The molecule has 0 aromatic heterocycles. The average Bonchev–Trinajstić information content (AvgIpc) is 2.57. The van der Waals surface area contributed by atoms with Gasteiger partial charge in [-0.3, -0.25) is 10.1 Å². The minimum atomic E-state index is -3.78. The second-order valence-electron chi connectivity index (χ2n) is 5.03. The third kappa shape index (κ3) is 4.36. The summed E-state index contributed by atoms with van der Waals surface area (Å²) >= 11 is 1.07. The molecule has 9 heteroatoms. The minimum Gasteiger partial charge on any atom is -0.258 e. The smallest absolute Gasteiger partial charge is 0.258 e. The normalized spacial score (nSPS) is 11.7. The predicted molar refractivity (Wildman–Crippen MR) is 93.7 cm³/mol. The molecule has 134 valence electrons. The van der Waals surface area contributed by atoms with Gasteiger partial charge in [0, 0.05) is 24.1 Å². The Balaban J connectivity index is 2.44. The highest BCUT2D eigenvalue weighted by atomic mass is 32.2. The van der Waals surface area contributed by atoms with Crippen molar-refractivity contribution in [1.82, 2.24) is 4.31 Å². The lowest BCUT2D eigenvalue weighted by Crippen LogP contribution is -2.30. The SMILES string of the molecule is CCN(CC)S(=O)(=O)c1ccc(Sc2ccc(F)cc2)c([N+](=O)[O-])c1. The Hall–Kier alpha value is -1.97. The summed E-state index contributed by atoms with van der Waals surface area (Å²) in [5.74, 6) is -0.403. The molecule has 25 heavy (non-hydrogen) atoms. The number of nitro groups is 1. The van der Waals surface area contributed by atoms with E-state index in [2.05, 4.69) is 0 Å². The van der Waals surface area contributed by atoms with Crippen LogP contribution in [0.2, 0.25) is 0 Å². The molecule has 2 aromatic carbocycles. The zero-order chi connectivity index (χ0) is 18.6. The topological polar surface area (TPSA) is 80.5 Å². The molecule has 0 spiro atoms. The zero-order valence-electron chi connectivity index (χ0n) is 13.7. The van der Waals surface area contributed by atoms with E-state index in [4.69, 9.17) is 0 Å². The third-order valence-electron chi connectivity index (χ3n) is 3.51. The molecule has 0 bridgehead atoms. The van der Waals surface area contributed by atoms with Gasteiger partial charge in [-0.25, -0.2) is 12.8 Å². The van der Waals surface area contributed by atoms with Crippen LogP contribution in [0.3, 0.4) is 0 Å². The molecule has 6 nitrogen and oxygen atoms in total. The Kier molecular flexibility index (Phi) is 6.15. The van der Waals surface area contributed by atoms with Crippen LogP contribution in [0.15, 0.2) is 57.2 Å². The van der Waals surface area contributed by atoms with Gasteiger partial charge in [0.25, 0.3) is 5.69 Å². The molecule has 0 radical (unpaired) electrons. The average molecular weight is 384 g/mol. The molecule has 0 amide bonds. The second-order valence-corrected chi connectivity index (χ2v) is 8.09. The Morgan fingerprint density at radius 2 is 1.72 bits per heavy atom. The van der Waals surface area contributed by atoms with Gasteiger partial charge in [0.2, 0.25) is 10.0 Å². The van der Waals surface area contributed by atoms with Crippen molar-refractivity contribution < 1.29 is 17.7 Å². The zero-order valence-corrected chi connectivity index (χ0v) is 15.3. The van der Waals surface area contributed by atoms with E-state index in [9.17, 15) is 22.9 Å². The van der Waals surface area contributed by atoms with Crippen molar-refractivity contribution in [2.45, 2.75) is 28.5 Å². The van der Waals surface area contributed by atoms with Gasteiger partial charge in [-0.2, -0.15) is 4.31 Å². The number of hydrogen-bond donors (Lipinski definition) is 0. The molecule has 0 saturated heterocycles. The monoisotopic (exact) mass is 384 g/mol. The van der Waals surface area contributed by atoms with Crippen molar-refractivity contribution in [2.75, 3.05) is 13.1 Å². The standard InChI is InChI=1S/C16H17FN2O4S2/c1-3-18(4-2)25(22,23)14-9-10-16(15(11-14)19(20)21)24-13-7-5-12(17)6-8-13/h5-11H,3-4H2,1-2H3. The molecule has 2 rings (SSSR count). The number of benzene rings is 2. The summed E-state index contributed by atoms with van der Waals surface area (Å²) in [6.07, 6.45) is 0. The Labute approximate surface area is 149 Å². The van der Waals surface area contributed by atoms with Crippen LogP contribution < -0.4 is 0 Å². The van der Waals surface area contributed by atoms with Gasteiger partial charge in [0.05, 0.1) is 14.7 Å². The van der Waals surface area contributed by atoms with Crippen LogP contribution in [0.25, 0.3) is 0 Å². The molecule has 0 aliphatic carbocycles. The largest absolute Gasteiger partial charge is 0.284 e. The molecular weight excluding hydrogens is 367 g/mol. The third-order valence-corrected chi connectivity index (χ3v) is 6.63. The molecule has 0 fully saturated rings. The lowest BCUT2D eigenvalue weighted by molar-refractivity contribution is -0.388. The van der Waals surface area contributed by atoms with Crippen molar-refractivity contribution in [3.63, 3.8) is 0 Å². The molecule has 0 aliphatic rings. The highest BCUT2D eigenvalue weighted by Crippen LogP contribution is 2.36. The first-order valence-electron chi connectivity index (χ1n) is 7.51. The lowest BCUT2D eigenvalue weighted by Gasteiger charge is -2.18. The van der Waals surface area contributed by atoms with Gasteiger partial charge < -0.3 is 0 Å². The number of nitro benzene ring substituents is 1. The first kappa shape index (κ1) is 19.4. The van der Waals surface area contributed by atoms with Crippen molar-refractivity contribution in [3.8, 4) is 0 Å². The van der Waals surface area contributed by atoms with Gasteiger partial charge in [-0.05, 0) is 36.4 Å². The maximum Gasteiger partial charge on any atom is 0.284 e. The van der Waals surface area contributed by atoms with Gasteiger partial charge in [-0.1, -0.05) is 25.6 Å². The fraction of sp³-hybridized carbons (Fsp3) is 0.250. The quantitative estimate of drug-likeness (QED) is 0.534. The van der Waals surface area contributed by atoms with Crippen LogP contribution in [0, 0.1) is 15.9 Å². The fourth-order valence-electron chi connectivity index (χ4n) is 2.23. The summed E-state index contributed by atoms with van der Waals surface area (Å²) in [5, 5.41) is 11.4. The molecule has 2 aromatic rings. The van der Waals surface area contributed by atoms with Crippen LogP contribution in [0.1, 0.15) is 13.8 Å². The summed E-state index contributed by atoms with van der Waals surface area (Å²) in [5.41, 5.74) is -0.303. The van der Waals surface area contributed by atoms with Crippen LogP contribution in [-0.4, -0.2) is 30.7 Å². The van der Waals surface area contributed by atoms with E-state index in [1.165, 1.54) is 40.7 Å². The van der Waals surface area contributed by atoms with Gasteiger partial charge in [-0.15, -0.1) is 0 Å². The molecular formula is C16H17FN2O4S2. The van der Waals surface area contributed by atoms with Gasteiger partial charge >= 0.3 is 0 Å². The molecule has 0 atom stereocenters. The summed E-state index contributed by atoms with van der Waals surface area (Å²) in [6, 6.07) is 9.35. The number of rotatable bonds is 7. The molecule has 0 unspecified atom stereocenters. The van der Waals surface area contributed by atoms with E-state index in [0.29, 0.717) is 4.90 Å². The van der Waals surface area contributed by atoms with Crippen LogP contribution >= 0.6 is 11.8 Å². The number of halogens is 1. The Bertz CT molecular complexity index is 866. The highest BCUT2D eigenvalue weighted by molar-refractivity contribution is 7.99. The Morgan fingerprint density at radius 1 is 1.12 bits per heavy atom. The van der Waals surface area contributed by atoms with E-state index >= 15 is 0 Å². The number of nitrogens with zero attached hydrogens (tertiary/aromatic N) is 2. The van der Waals surface area contributed by atoms with E-state index in [0.717, 1.165) is 17.8 Å². The lowest BCUT2D eigenvalue weighted by atomic mass is 10.3. The van der Waals surface area contributed by atoms with Crippen LogP contribution in [0.4, 0.5) is 10.1 Å². The maximum atomic E-state index is 13.0. The Morgan fingerprint density at radius 3 is 2.24 bits per heavy atom. The van der Waals surface area contributed by atoms with E-state index in [-0.39, 0.29) is 28.6 Å². The molecule has 0 saturated carbocycles. The first-order chi connectivity index (χ1) is 11.8. The van der Waals surface area contributed by atoms with Crippen molar-refractivity contribution in [2.24, 2.45) is 0 Å². The van der Waals surface area contributed by atoms with Crippen LogP contribution in [0.5, 0.6) is 0 Å². The minimum absolute atomic E-state index is 0.119. The maximum absolute atomic E-state index is 13.0. The summed E-state index contributed by atoms with van der Waals surface area (Å²) < 4.78 is 39.3. The molecule has 0 N–H and O–H groups in total. The molecule has 0 aliphatic heterocycles. The van der Waals surface area contributed by atoms with E-state index in [1.807, 2.05) is 0 Å². The van der Waals surface area contributed by atoms with Crippen molar-refractivity contribution in [1.29, 1.82) is 0 Å². The van der Waals surface area contributed by atoms with Crippen molar-refractivity contribution in [3.05, 3.63) is 58.4 Å². The summed E-state index contributed by atoms with van der Waals surface area (Å²) in [6.45, 7) is 3.96. The van der Waals surface area contributed by atoms with Gasteiger partial charge in [0.1, 0.15) is 5.82 Å². The van der Waals surface area contributed by atoms with Crippen LogP contribution in [-0.2, 0) is 10.0 Å². The summed E-state index contributed by atoms with van der Waals surface area (Å²) in [7, 11) is -3.78. The van der Waals surface area contributed by atoms with E-state index < -0.39 is 20.8 Å². The van der Waals surface area contributed by atoms with Crippen molar-refractivity contribution >= 4 is 27.5 Å². The van der Waals surface area contributed by atoms with E-state index in [1.54, 1.807) is 13.8 Å².